The van der Waals surface area contributed by atoms with E-state index in [-0.39, 0.29) is 12.2 Å². The molecule has 0 spiro atoms. The minimum atomic E-state index is -0.721. The van der Waals surface area contributed by atoms with Crippen LogP contribution in [0.4, 0.5) is 4.39 Å². The van der Waals surface area contributed by atoms with Crippen LogP contribution in [0.15, 0.2) is 42.5 Å². The Morgan fingerprint density at radius 1 is 1.15 bits per heavy atom. The van der Waals surface area contributed by atoms with Crippen LogP contribution in [0.25, 0.3) is 0 Å². The fourth-order valence-corrected chi connectivity index (χ4v) is 2.85. The summed E-state index contributed by atoms with van der Waals surface area (Å²) in [5, 5.41) is 10.8. The molecule has 1 unspecified atom stereocenters. The summed E-state index contributed by atoms with van der Waals surface area (Å²) < 4.78 is 13.8. The van der Waals surface area contributed by atoms with Crippen molar-refractivity contribution in [3.63, 3.8) is 0 Å². The molecule has 0 radical (unpaired) electrons. The Morgan fingerprint density at radius 2 is 1.90 bits per heavy atom. The van der Waals surface area contributed by atoms with E-state index in [0.717, 1.165) is 5.56 Å². The van der Waals surface area contributed by atoms with E-state index in [4.69, 9.17) is 11.6 Å². The van der Waals surface area contributed by atoms with E-state index < -0.39 is 6.10 Å². The highest BCUT2D eigenvalue weighted by atomic mass is 35.5. The van der Waals surface area contributed by atoms with Crippen LogP contribution in [0.1, 0.15) is 41.6 Å². The van der Waals surface area contributed by atoms with E-state index >= 15 is 0 Å². The Hall–Kier alpha value is -1.38. The first kappa shape index (κ1) is 13.6. The Morgan fingerprint density at radius 3 is 2.60 bits per heavy atom. The molecule has 2 aromatic carbocycles. The standard InChI is InChI=1S/C17H16ClFO/c18-15-6-3-7-16(19)14(15)10-17(20)13-5-2-1-4-12(13)11-8-9-11/h1-7,11,17,20H,8-10H2. The van der Waals surface area contributed by atoms with Gasteiger partial charge in [-0.1, -0.05) is 41.9 Å². The van der Waals surface area contributed by atoms with Crippen molar-refractivity contribution in [2.75, 3.05) is 0 Å². The molecule has 1 N–H and O–H groups in total. The molecule has 0 aliphatic heterocycles. The van der Waals surface area contributed by atoms with Crippen LogP contribution < -0.4 is 0 Å². The highest BCUT2D eigenvalue weighted by Gasteiger charge is 2.28. The highest BCUT2D eigenvalue weighted by molar-refractivity contribution is 6.31. The molecule has 0 heterocycles. The van der Waals surface area contributed by atoms with Crippen LogP contribution in [0.2, 0.25) is 5.02 Å². The average Bonchev–Trinajstić information content (AvgIpc) is 3.27. The molecule has 3 heteroatoms. The Kier molecular flexibility index (Phi) is 3.77. The van der Waals surface area contributed by atoms with Gasteiger partial charge in [0.2, 0.25) is 0 Å². The van der Waals surface area contributed by atoms with Gasteiger partial charge >= 0.3 is 0 Å². The monoisotopic (exact) mass is 290 g/mol. The van der Waals surface area contributed by atoms with Gasteiger partial charge in [-0.15, -0.1) is 0 Å². The number of hydrogen-bond acceptors (Lipinski definition) is 1. The van der Waals surface area contributed by atoms with Gasteiger partial charge in [-0.05, 0) is 42.0 Å². The largest absolute Gasteiger partial charge is 0.388 e. The third kappa shape index (κ3) is 2.72. The molecular weight excluding hydrogens is 275 g/mol. The van der Waals surface area contributed by atoms with Crippen molar-refractivity contribution in [2.45, 2.75) is 31.3 Å². The summed E-state index contributed by atoms with van der Waals surface area (Å²) in [6, 6.07) is 12.5. The average molecular weight is 291 g/mol. The summed E-state index contributed by atoms with van der Waals surface area (Å²) in [5.74, 6) is 0.192. The summed E-state index contributed by atoms with van der Waals surface area (Å²) in [4.78, 5) is 0. The zero-order valence-corrected chi connectivity index (χ0v) is 11.8. The number of aliphatic hydroxyl groups excluding tert-OH is 1. The predicted molar refractivity (Wildman–Crippen MR) is 78.5 cm³/mol. The molecule has 1 fully saturated rings. The zero-order chi connectivity index (χ0) is 14.1. The van der Waals surface area contributed by atoms with Crippen LogP contribution in [0.5, 0.6) is 0 Å². The van der Waals surface area contributed by atoms with Gasteiger partial charge in [0.1, 0.15) is 5.82 Å². The van der Waals surface area contributed by atoms with Crippen LogP contribution in [-0.2, 0) is 6.42 Å². The quantitative estimate of drug-likeness (QED) is 0.870. The lowest BCUT2D eigenvalue weighted by atomic mass is 9.94. The molecule has 104 valence electrons. The molecule has 1 saturated carbocycles. The maximum Gasteiger partial charge on any atom is 0.127 e. The number of hydrogen-bond donors (Lipinski definition) is 1. The second-order valence-electron chi connectivity index (χ2n) is 5.32. The molecule has 3 rings (SSSR count). The van der Waals surface area contributed by atoms with E-state index in [0.29, 0.717) is 16.5 Å². The van der Waals surface area contributed by atoms with Crippen LogP contribution in [0.3, 0.4) is 0 Å². The molecule has 0 saturated heterocycles. The van der Waals surface area contributed by atoms with Crippen molar-refractivity contribution < 1.29 is 9.50 Å². The Balaban J connectivity index is 1.88. The van der Waals surface area contributed by atoms with Crippen molar-refractivity contribution in [2.24, 2.45) is 0 Å². The third-order valence-corrected chi connectivity index (χ3v) is 4.19. The lowest BCUT2D eigenvalue weighted by Crippen LogP contribution is -2.06. The number of benzene rings is 2. The fraction of sp³-hybridized carbons (Fsp3) is 0.294. The van der Waals surface area contributed by atoms with E-state index in [1.54, 1.807) is 12.1 Å². The van der Waals surface area contributed by atoms with E-state index in [2.05, 4.69) is 6.07 Å². The second kappa shape index (κ2) is 5.55. The maximum atomic E-state index is 13.8. The zero-order valence-electron chi connectivity index (χ0n) is 11.0. The summed E-state index contributed by atoms with van der Waals surface area (Å²) >= 11 is 6.02. The van der Waals surface area contributed by atoms with Crippen molar-refractivity contribution in [3.05, 3.63) is 70.0 Å². The van der Waals surface area contributed by atoms with Gasteiger partial charge in [0.15, 0.2) is 0 Å². The SMILES string of the molecule is OC(Cc1c(F)cccc1Cl)c1ccccc1C1CC1. The van der Waals surface area contributed by atoms with Gasteiger partial charge in [-0.25, -0.2) is 4.39 Å². The number of halogens is 2. The van der Waals surface area contributed by atoms with E-state index in [1.807, 2.05) is 18.2 Å². The van der Waals surface area contributed by atoms with Gasteiger partial charge < -0.3 is 5.11 Å². The lowest BCUT2D eigenvalue weighted by molar-refractivity contribution is 0.176. The molecule has 1 nitrogen and oxygen atoms in total. The Labute approximate surface area is 123 Å². The molecule has 20 heavy (non-hydrogen) atoms. The first-order valence-corrected chi connectivity index (χ1v) is 7.24. The van der Waals surface area contributed by atoms with E-state index in [9.17, 15) is 9.50 Å². The van der Waals surface area contributed by atoms with Gasteiger partial charge in [-0.3, -0.25) is 0 Å². The topological polar surface area (TPSA) is 20.2 Å². The van der Waals surface area contributed by atoms with Crippen LogP contribution in [0, 0.1) is 5.82 Å². The number of rotatable bonds is 4. The summed E-state index contributed by atoms with van der Waals surface area (Å²) in [5.41, 5.74) is 2.47. The molecule has 1 atom stereocenters. The van der Waals surface area contributed by atoms with Crippen LogP contribution in [-0.4, -0.2) is 5.11 Å². The minimum absolute atomic E-state index is 0.204. The van der Waals surface area contributed by atoms with Crippen LogP contribution >= 0.6 is 11.6 Å². The predicted octanol–water partition coefficient (Wildman–Crippen LogP) is 4.63. The van der Waals surface area contributed by atoms with Gasteiger partial charge in [0.05, 0.1) is 6.10 Å². The second-order valence-corrected chi connectivity index (χ2v) is 5.73. The van der Waals surface area contributed by atoms with Crippen molar-refractivity contribution in [3.8, 4) is 0 Å². The number of aliphatic hydroxyl groups is 1. The van der Waals surface area contributed by atoms with Crippen molar-refractivity contribution in [1.29, 1.82) is 0 Å². The van der Waals surface area contributed by atoms with Gasteiger partial charge in [-0.2, -0.15) is 0 Å². The first-order chi connectivity index (χ1) is 9.66. The Bertz CT molecular complexity index is 602. The highest BCUT2D eigenvalue weighted by Crippen LogP contribution is 2.43. The molecule has 1 aliphatic rings. The normalized spacial score (nSPS) is 16.1. The molecule has 2 aromatic rings. The smallest absolute Gasteiger partial charge is 0.127 e. The lowest BCUT2D eigenvalue weighted by Gasteiger charge is -2.16. The first-order valence-electron chi connectivity index (χ1n) is 6.86. The molecule has 0 bridgehead atoms. The molecule has 1 aliphatic carbocycles. The van der Waals surface area contributed by atoms with Crippen molar-refractivity contribution >= 4 is 11.6 Å². The molecule has 0 amide bonds. The molecule has 0 aromatic heterocycles. The maximum absolute atomic E-state index is 13.8. The summed E-state index contributed by atoms with van der Waals surface area (Å²) in [6.45, 7) is 0. The summed E-state index contributed by atoms with van der Waals surface area (Å²) in [6.07, 6.45) is 1.82. The van der Waals surface area contributed by atoms with Gasteiger partial charge in [0.25, 0.3) is 0 Å². The van der Waals surface area contributed by atoms with E-state index in [1.165, 1.54) is 24.5 Å². The van der Waals surface area contributed by atoms with Gasteiger partial charge in [0, 0.05) is 17.0 Å². The van der Waals surface area contributed by atoms with Crippen molar-refractivity contribution in [1.82, 2.24) is 0 Å². The molecular formula is C17H16ClFO. The fourth-order valence-electron chi connectivity index (χ4n) is 2.61. The summed E-state index contributed by atoms with van der Waals surface area (Å²) in [7, 11) is 0. The minimum Gasteiger partial charge on any atom is -0.388 e. The third-order valence-electron chi connectivity index (χ3n) is 3.83.